The van der Waals surface area contributed by atoms with Crippen molar-refractivity contribution in [1.82, 2.24) is 9.97 Å². The molecule has 1 aliphatic rings. The molecule has 0 spiro atoms. The van der Waals surface area contributed by atoms with Gasteiger partial charge in [0.15, 0.2) is 0 Å². The molecule has 3 heterocycles. The Bertz CT molecular complexity index is 1770. The van der Waals surface area contributed by atoms with Crippen molar-refractivity contribution in [2.45, 2.75) is 38.5 Å². The van der Waals surface area contributed by atoms with Gasteiger partial charge in [0.05, 0.1) is 11.2 Å². The standard InChI is InChI=1S/C30H24N2O/c1-29(2)22-9-7-15-31-26(22)21-14-13-19-18-12-11-17-16-32-23-10-6-5-8-20(23)24(17)27(18)33-28(19)25(21)30(29,3)4/h5-16H,1-4H3. The third kappa shape index (κ3) is 2.20. The van der Waals surface area contributed by atoms with E-state index in [1.165, 1.54) is 16.7 Å². The highest BCUT2D eigenvalue weighted by Crippen LogP contribution is 2.56. The van der Waals surface area contributed by atoms with E-state index in [-0.39, 0.29) is 10.8 Å². The summed E-state index contributed by atoms with van der Waals surface area (Å²) in [6.45, 7) is 9.33. The van der Waals surface area contributed by atoms with Crippen LogP contribution in [0.3, 0.4) is 0 Å². The zero-order valence-electron chi connectivity index (χ0n) is 19.2. The molecular formula is C30H24N2O. The van der Waals surface area contributed by atoms with Crippen LogP contribution in [0, 0.1) is 0 Å². The van der Waals surface area contributed by atoms with E-state index in [9.17, 15) is 0 Å². The summed E-state index contributed by atoms with van der Waals surface area (Å²) in [6, 6.07) is 21.4. The van der Waals surface area contributed by atoms with E-state index in [2.05, 4.69) is 81.2 Å². The summed E-state index contributed by atoms with van der Waals surface area (Å²) in [5.41, 5.74) is 7.44. The highest BCUT2D eigenvalue weighted by atomic mass is 16.3. The molecule has 160 valence electrons. The number of aromatic nitrogens is 2. The number of pyridine rings is 2. The topological polar surface area (TPSA) is 38.9 Å². The van der Waals surface area contributed by atoms with Gasteiger partial charge in [0.25, 0.3) is 0 Å². The molecular weight excluding hydrogens is 404 g/mol. The second-order valence-corrected chi connectivity index (χ2v) is 10.3. The van der Waals surface area contributed by atoms with Gasteiger partial charge in [-0.3, -0.25) is 9.97 Å². The fraction of sp³-hybridized carbons (Fsp3) is 0.200. The molecule has 0 aliphatic heterocycles. The Labute approximate surface area is 192 Å². The summed E-state index contributed by atoms with van der Waals surface area (Å²) >= 11 is 0. The van der Waals surface area contributed by atoms with Crippen LogP contribution in [0.4, 0.5) is 0 Å². The van der Waals surface area contributed by atoms with Crippen molar-refractivity contribution >= 4 is 43.6 Å². The Morgan fingerprint density at radius 3 is 2.36 bits per heavy atom. The summed E-state index contributed by atoms with van der Waals surface area (Å²) in [5, 5.41) is 5.67. The molecule has 0 atom stereocenters. The maximum atomic E-state index is 6.86. The molecule has 0 unspecified atom stereocenters. The van der Waals surface area contributed by atoms with Gasteiger partial charge in [-0.1, -0.05) is 64.1 Å². The Morgan fingerprint density at radius 2 is 1.48 bits per heavy atom. The Kier molecular flexibility index (Phi) is 3.41. The Morgan fingerprint density at radius 1 is 0.697 bits per heavy atom. The molecule has 3 heteroatoms. The van der Waals surface area contributed by atoms with Crippen LogP contribution in [-0.4, -0.2) is 9.97 Å². The average Bonchev–Trinajstić information content (AvgIpc) is 3.21. The van der Waals surface area contributed by atoms with E-state index in [0.717, 1.165) is 49.3 Å². The molecule has 0 saturated heterocycles. The van der Waals surface area contributed by atoms with Crippen molar-refractivity contribution < 1.29 is 4.42 Å². The lowest BCUT2D eigenvalue weighted by Gasteiger charge is -2.47. The second-order valence-electron chi connectivity index (χ2n) is 10.3. The number of furan rings is 1. The normalized spacial score (nSPS) is 16.4. The molecule has 0 bridgehead atoms. The van der Waals surface area contributed by atoms with Crippen LogP contribution >= 0.6 is 0 Å². The van der Waals surface area contributed by atoms with Crippen molar-refractivity contribution in [2.75, 3.05) is 0 Å². The molecule has 7 rings (SSSR count). The number of hydrogen-bond donors (Lipinski definition) is 0. The van der Waals surface area contributed by atoms with Crippen LogP contribution in [0.15, 0.2) is 77.5 Å². The summed E-state index contributed by atoms with van der Waals surface area (Å²) in [5.74, 6) is 0. The average molecular weight is 429 g/mol. The first-order valence-corrected chi connectivity index (χ1v) is 11.5. The third-order valence-corrected chi connectivity index (χ3v) is 8.28. The summed E-state index contributed by atoms with van der Waals surface area (Å²) < 4.78 is 6.86. The van der Waals surface area contributed by atoms with Gasteiger partial charge < -0.3 is 4.42 Å². The smallest absolute Gasteiger partial charge is 0.143 e. The minimum Gasteiger partial charge on any atom is -0.455 e. The predicted octanol–water partition coefficient (Wildman–Crippen LogP) is 7.92. The molecule has 1 aliphatic carbocycles. The highest BCUT2D eigenvalue weighted by Gasteiger charge is 2.48. The van der Waals surface area contributed by atoms with Gasteiger partial charge in [0, 0.05) is 61.3 Å². The fourth-order valence-electron chi connectivity index (χ4n) is 5.83. The van der Waals surface area contributed by atoms with E-state index < -0.39 is 0 Å². The fourth-order valence-corrected chi connectivity index (χ4v) is 5.83. The summed E-state index contributed by atoms with van der Waals surface area (Å²) in [7, 11) is 0. The molecule has 3 aromatic heterocycles. The molecule has 0 radical (unpaired) electrons. The number of nitrogens with zero attached hydrogens (tertiary/aromatic N) is 2. The van der Waals surface area contributed by atoms with Crippen LogP contribution in [-0.2, 0) is 10.8 Å². The number of fused-ring (bicyclic) bond motifs is 11. The first-order valence-electron chi connectivity index (χ1n) is 11.5. The third-order valence-electron chi connectivity index (χ3n) is 8.28. The molecule has 3 aromatic carbocycles. The lowest BCUT2D eigenvalue weighted by molar-refractivity contribution is 0.298. The second kappa shape index (κ2) is 5.99. The van der Waals surface area contributed by atoms with Gasteiger partial charge in [-0.05, 0) is 29.8 Å². The number of rotatable bonds is 0. The molecule has 0 N–H and O–H groups in total. The molecule has 0 saturated carbocycles. The maximum Gasteiger partial charge on any atom is 0.143 e. The van der Waals surface area contributed by atoms with Gasteiger partial charge in [0.1, 0.15) is 11.2 Å². The zero-order chi connectivity index (χ0) is 22.5. The minimum absolute atomic E-state index is 0.102. The van der Waals surface area contributed by atoms with E-state index in [1.807, 2.05) is 24.5 Å². The first-order chi connectivity index (χ1) is 15.9. The Hall–Kier alpha value is -3.72. The predicted molar refractivity (Wildman–Crippen MR) is 136 cm³/mol. The van der Waals surface area contributed by atoms with E-state index >= 15 is 0 Å². The molecule has 33 heavy (non-hydrogen) atoms. The van der Waals surface area contributed by atoms with Crippen molar-refractivity contribution in [3.8, 4) is 11.3 Å². The largest absolute Gasteiger partial charge is 0.455 e. The monoisotopic (exact) mass is 428 g/mol. The lowest BCUT2D eigenvalue weighted by Crippen LogP contribution is -2.43. The number of benzene rings is 3. The van der Waals surface area contributed by atoms with E-state index in [1.54, 1.807) is 0 Å². The lowest BCUT2D eigenvalue weighted by atomic mass is 9.56. The molecule has 0 fully saturated rings. The van der Waals surface area contributed by atoms with E-state index in [0.29, 0.717) is 0 Å². The van der Waals surface area contributed by atoms with Crippen LogP contribution in [0.25, 0.3) is 54.9 Å². The van der Waals surface area contributed by atoms with Gasteiger partial charge in [-0.25, -0.2) is 0 Å². The highest BCUT2D eigenvalue weighted by molar-refractivity contribution is 6.22. The van der Waals surface area contributed by atoms with Gasteiger partial charge >= 0.3 is 0 Å². The van der Waals surface area contributed by atoms with Crippen LogP contribution in [0.1, 0.15) is 38.8 Å². The van der Waals surface area contributed by atoms with Gasteiger partial charge in [-0.15, -0.1) is 0 Å². The SMILES string of the molecule is CC1(C)c2cccnc2-c2ccc3c(oc4c3ccc3cnc5ccccc5c34)c2C1(C)C. The Balaban J connectivity index is 1.69. The minimum atomic E-state index is -0.148. The number of hydrogen-bond acceptors (Lipinski definition) is 3. The zero-order valence-corrected chi connectivity index (χ0v) is 19.2. The summed E-state index contributed by atoms with van der Waals surface area (Å²) in [6.07, 6.45) is 3.85. The van der Waals surface area contributed by atoms with Crippen LogP contribution in [0.2, 0.25) is 0 Å². The van der Waals surface area contributed by atoms with Crippen molar-refractivity contribution in [3.05, 3.63) is 84.2 Å². The van der Waals surface area contributed by atoms with Crippen LogP contribution in [0.5, 0.6) is 0 Å². The van der Waals surface area contributed by atoms with Gasteiger partial charge in [0.2, 0.25) is 0 Å². The summed E-state index contributed by atoms with van der Waals surface area (Å²) in [4.78, 5) is 9.48. The van der Waals surface area contributed by atoms with Gasteiger partial charge in [-0.2, -0.15) is 0 Å². The quantitative estimate of drug-likeness (QED) is 0.231. The van der Waals surface area contributed by atoms with Crippen molar-refractivity contribution in [1.29, 1.82) is 0 Å². The van der Waals surface area contributed by atoms with E-state index in [4.69, 9.17) is 9.40 Å². The first kappa shape index (κ1) is 18.8. The molecule has 3 nitrogen and oxygen atoms in total. The maximum absolute atomic E-state index is 6.86. The van der Waals surface area contributed by atoms with Crippen molar-refractivity contribution in [3.63, 3.8) is 0 Å². The molecule has 6 aromatic rings. The number of para-hydroxylation sites is 1. The molecule has 0 amide bonds. The van der Waals surface area contributed by atoms with Crippen LogP contribution < -0.4 is 0 Å². The van der Waals surface area contributed by atoms with Crippen molar-refractivity contribution in [2.24, 2.45) is 0 Å².